The third-order valence-electron chi connectivity index (χ3n) is 4.90. The smallest absolute Gasteiger partial charge is 0.255 e. The fourth-order valence-electron chi connectivity index (χ4n) is 3.58. The summed E-state index contributed by atoms with van der Waals surface area (Å²) < 4.78 is 0. The van der Waals surface area contributed by atoms with E-state index in [0.717, 1.165) is 11.1 Å². The Morgan fingerprint density at radius 3 is 2.71 bits per heavy atom. The highest BCUT2D eigenvalue weighted by Crippen LogP contribution is 2.30. The molecule has 0 bridgehead atoms. The Balaban J connectivity index is 1.56. The molecule has 8 nitrogen and oxygen atoms in total. The van der Waals surface area contributed by atoms with Crippen molar-refractivity contribution in [1.29, 1.82) is 0 Å². The van der Waals surface area contributed by atoms with E-state index in [4.69, 9.17) is 0 Å². The minimum Gasteiger partial charge on any atom is -0.325 e. The summed E-state index contributed by atoms with van der Waals surface area (Å²) in [5.74, 6) is -1.10. The highest BCUT2D eigenvalue weighted by atomic mass is 16.2. The molecule has 2 aliphatic rings. The number of carbonyl (C=O) groups is 4. The normalized spacial score (nSPS) is 18.7. The van der Waals surface area contributed by atoms with Crippen LogP contribution in [-0.2, 0) is 20.9 Å². The van der Waals surface area contributed by atoms with Gasteiger partial charge < -0.3 is 10.2 Å². The van der Waals surface area contributed by atoms with E-state index in [9.17, 15) is 19.2 Å². The van der Waals surface area contributed by atoms with E-state index >= 15 is 0 Å². The van der Waals surface area contributed by atoms with Gasteiger partial charge >= 0.3 is 0 Å². The zero-order valence-electron chi connectivity index (χ0n) is 15.2. The monoisotopic (exact) mass is 378 g/mol. The minimum atomic E-state index is -0.629. The first-order valence-corrected chi connectivity index (χ1v) is 8.94. The summed E-state index contributed by atoms with van der Waals surface area (Å²) in [5, 5.41) is 4.96. The quantitative estimate of drug-likeness (QED) is 0.786. The van der Waals surface area contributed by atoms with Gasteiger partial charge in [-0.05, 0) is 36.2 Å². The molecular formula is C20H18N4O4. The Morgan fingerprint density at radius 2 is 2.04 bits per heavy atom. The average Bonchev–Trinajstić information content (AvgIpc) is 2.98. The van der Waals surface area contributed by atoms with Crippen LogP contribution in [0.4, 0.5) is 5.69 Å². The molecule has 0 saturated carbocycles. The third-order valence-corrected chi connectivity index (χ3v) is 4.90. The van der Waals surface area contributed by atoms with Gasteiger partial charge in [0.05, 0.1) is 17.6 Å². The van der Waals surface area contributed by atoms with Crippen molar-refractivity contribution in [2.45, 2.75) is 32.4 Å². The molecule has 4 rings (SSSR count). The maximum Gasteiger partial charge on any atom is 0.255 e. The molecule has 1 unspecified atom stereocenters. The number of amides is 4. The summed E-state index contributed by atoms with van der Waals surface area (Å²) in [5.41, 5.74) is 3.54. The van der Waals surface area contributed by atoms with Gasteiger partial charge in [0, 0.05) is 31.0 Å². The largest absolute Gasteiger partial charge is 0.325 e. The van der Waals surface area contributed by atoms with Gasteiger partial charge in [0.2, 0.25) is 17.7 Å². The van der Waals surface area contributed by atoms with Gasteiger partial charge in [-0.25, -0.2) is 0 Å². The molecule has 1 aromatic heterocycles. The number of carbonyl (C=O) groups excluding carboxylic acids is 4. The van der Waals surface area contributed by atoms with Crippen molar-refractivity contribution in [2.75, 3.05) is 5.32 Å². The first-order chi connectivity index (χ1) is 13.4. The van der Waals surface area contributed by atoms with Gasteiger partial charge in [0.15, 0.2) is 0 Å². The predicted octanol–water partition coefficient (Wildman–Crippen LogP) is 1.47. The van der Waals surface area contributed by atoms with Crippen molar-refractivity contribution < 1.29 is 19.2 Å². The first kappa shape index (κ1) is 17.8. The Hall–Kier alpha value is -3.55. The SMILES string of the molecule is CC(=O)Nc1ccc(-c2ccc3c(c2)CN(C2CCC(=O)NC2=O)C3=O)nc1. The number of hydrogen-bond acceptors (Lipinski definition) is 5. The van der Waals surface area contributed by atoms with Crippen molar-refractivity contribution >= 4 is 29.3 Å². The summed E-state index contributed by atoms with van der Waals surface area (Å²) in [6.45, 7) is 1.75. The molecule has 8 heteroatoms. The second kappa shape index (κ2) is 6.88. The highest BCUT2D eigenvalue weighted by molar-refractivity contribution is 6.05. The lowest BCUT2D eigenvalue weighted by atomic mass is 10.0. The van der Waals surface area contributed by atoms with Crippen LogP contribution in [0.3, 0.4) is 0 Å². The van der Waals surface area contributed by atoms with Crippen LogP contribution >= 0.6 is 0 Å². The molecule has 1 atom stereocenters. The summed E-state index contributed by atoms with van der Waals surface area (Å²) in [4.78, 5) is 53.2. The van der Waals surface area contributed by atoms with Gasteiger partial charge in [-0.1, -0.05) is 6.07 Å². The van der Waals surface area contributed by atoms with Gasteiger partial charge in [-0.15, -0.1) is 0 Å². The molecular weight excluding hydrogens is 360 g/mol. The molecule has 1 fully saturated rings. The second-order valence-corrected chi connectivity index (χ2v) is 6.89. The number of fused-ring (bicyclic) bond motifs is 1. The molecule has 1 saturated heterocycles. The van der Waals surface area contributed by atoms with Crippen molar-refractivity contribution in [3.8, 4) is 11.3 Å². The van der Waals surface area contributed by atoms with Crippen molar-refractivity contribution in [3.63, 3.8) is 0 Å². The van der Waals surface area contributed by atoms with E-state index in [-0.39, 0.29) is 24.1 Å². The molecule has 3 heterocycles. The highest BCUT2D eigenvalue weighted by Gasteiger charge is 2.39. The number of anilines is 1. The third kappa shape index (κ3) is 3.24. The van der Waals surface area contributed by atoms with Gasteiger partial charge in [-0.2, -0.15) is 0 Å². The molecule has 1 aromatic carbocycles. The van der Waals surface area contributed by atoms with Gasteiger partial charge in [0.1, 0.15) is 6.04 Å². The number of piperidine rings is 1. The van der Waals surface area contributed by atoms with E-state index in [0.29, 0.717) is 29.9 Å². The van der Waals surface area contributed by atoms with E-state index in [2.05, 4.69) is 15.6 Å². The fourth-order valence-corrected chi connectivity index (χ4v) is 3.58. The molecule has 0 spiro atoms. The molecule has 142 valence electrons. The number of nitrogens with zero attached hydrogens (tertiary/aromatic N) is 2. The molecule has 4 amide bonds. The van der Waals surface area contributed by atoms with E-state index in [1.807, 2.05) is 12.1 Å². The maximum absolute atomic E-state index is 12.7. The topological polar surface area (TPSA) is 108 Å². The molecule has 2 aliphatic heterocycles. The Bertz CT molecular complexity index is 1000. The Labute approximate surface area is 160 Å². The Kier molecular flexibility index (Phi) is 4.38. The number of hydrogen-bond donors (Lipinski definition) is 2. The predicted molar refractivity (Wildman–Crippen MR) is 100 cm³/mol. The number of rotatable bonds is 3. The van der Waals surface area contributed by atoms with Crippen molar-refractivity contribution in [1.82, 2.24) is 15.2 Å². The number of nitrogens with one attached hydrogen (secondary N) is 2. The summed E-state index contributed by atoms with van der Waals surface area (Å²) >= 11 is 0. The van der Waals surface area contributed by atoms with Gasteiger partial charge in [-0.3, -0.25) is 29.5 Å². The lowest BCUT2D eigenvalue weighted by Gasteiger charge is -2.29. The molecule has 2 N–H and O–H groups in total. The first-order valence-electron chi connectivity index (χ1n) is 8.94. The summed E-state index contributed by atoms with van der Waals surface area (Å²) in [6, 6.07) is 8.36. The van der Waals surface area contributed by atoms with Crippen LogP contribution in [0.25, 0.3) is 11.3 Å². The molecule has 0 radical (unpaired) electrons. The Morgan fingerprint density at radius 1 is 1.21 bits per heavy atom. The lowest BCUT2D eigenvalue weighted by molar-refractivity contribution is -0.137. The van der Waals surface area contributed by atoms with Crippen LogP contribution in [0.2, 0.25) is 0 Å². The van der Waals surface area contributed by atoms with E-state index in [1.54, 1.807) is 24.4 Å². The summed E-state index contributed by atoms with van der Waals surface area (Å²) in [7, 11) is 0. The van der Waals surface area contributed by atoms with Gasteiger partial charge in [0.25, 0.3) is 5.91 Å². The number of imide groups is 1. The van der Waals surface area contributed by atoms with Crippen LogP contribution in [0.15, 0.2) is 36.5 Å². The molecule has 0 aliphatic carbocycles. The second-order valence-electron chi connectivity index (χ2n) is 6.89. The fraction of sp³-hybridized carbons (Fsp3) is 0.250. The summed E-state index contributed by atoms with van der Waals surface area (Å²) in [6.07, 6.45) is 2.14. The zero-order valence-corrected chi connectivity index (χ0v) is 15.2. The average molecular weight is 378 g/mol. The molecule has 2 aromatic rings. The zero-order chi connectivity index (χ0) is 19.8. The minimum absolute atomic E-state index is 0.167. The van der Waals surface area contributed by atoms with Crippen LogP contribution in [0.5, 0.6) is 0 Å². The van der Waals surface area contributed by atoms with Crippen LogP contribution in [-0.4, -0.2) is 39.6 Å². The van der Waals surface area contributed by atoms with Crippen LogP contribution < -0.4 is 10.6 Å². The van der Waals surface area contributed by atoms with Crippen molar-refractivity contribution in [3.05, 3.63) is 47.7 Å². The van der Waals surface area contributed by atoms with E-state index < -0.39 is 11.9 Å². The number of aromatic nitrogens is 1. The van der Waals surface area contributed by atoms with Crippen LogP contribution in [0.1, 0.15) is 35.7 Å². The number of benzene rings is 1. The van der Waals surface area contributed by atoms with Crippen LogP contribution in [0, 0.1) is 0 Å². The van der Waals surface area contributed by atoms with E-state index in [1.165, 1.54) is 11.8 Å². The lowest BCUT2D eigenvalue weighted by Crippen LogP contribution is -2.52. The maximum atomic E-state index is 12.7. The van der Waals surface area contributed by atoms with Crippen molar-refractivity contribution in [2.24, 2.45) is 0 Å². The molecule has 28 heavy (non-hydrogen) atoms. The standard InChI is InChI=1S/C20H18N4O4/c1-11(25)22-14-3-5-16(21-9-14)12-2-4-15-13(8-12)10-24(20(15)28)17-6-7-18(26)23-19(17)27/h2-5,8-9,17H,6-7,10H2,1H3,(H,22,25)(H,23,26,27). The number of pyridine rings is 1.